The van der Waals surface area contributed by atoms with Gasteiger partial charge in [-0.25, -0.2) is 4.98 Å². The van der Waals surface area contributed by atoms with E-state index in [0.717, 1.165) is 43.5 Å². The summed E-state index contributed by atoms with van der Waals surface area (Å²) in [6.07, 6.45) is 5.66. The zero-order valence-corrected chi connectivity index (χ0v) is 15.4. The lowest BCUT2D eigenvalue weighted by Gasteiger charge is -2.23. The lowest BCUT2D eigenvalue weighted by molar-refractivity contribution is 0.103. The van der Waals surface area contributed by atoms with Gasteiger partial charge < -0.3 is 9.80 Å². The van der Waals surface area contributed by atoms with Crippen LogP contribution in [0.2, 0.25) is 0 Å². The molecule has 0 unspecified atom stereocenters. The predicted molar refractivity (Wildman–Crippen MR) is 105 cm³/mol. The lowest BCUT2D eigenvalue weighted by atomic mass is 10.1. The summed E-state index contributed by atoms with van der Waals surface area (Å²) in [5, 5.41) is 0. The molecule has 1 aliphatic carbocycles. The maximum Gasteiger partial charge on any atom is 0.213 e. The average Bonchev–Trinajstić information content (AvgIpc) is 3.50. The third-order valence-corrected chi connectivity index (χ3v) is 5.34. The molecule has 26 heavy (non-hydrogen) atoms. The summed E-state index contributed by atoms with van der Waals surface area (Å²) >= 11 is 0. The molecule has 138 valence electrons. The number of pyridine rings is 2. The molecule has 0 amide bonds. The zero-order valence-electron chi connectivity index (χ0n) is 15.4. The summed E-state index contributed by atoms with van der Waals surface area (Å²) in [5.74, 6) is 1.79. The van der Waals surface area contributed by atoms with Crippen molar-refractivity contribution in [2.24, 2.45) is 5.92 Å². The number of carbonyl (C=O) groups is 1. The molecule has 4 rings (SSSR count). The van der Waals surface area contributed by atoms with Crippen LogP contribution in [-0.2, 0) is 0 Å². The molecule has 3 heterocycles. The van der Waals surface area contributed by atoms with Crippen molar-refractivity contribution in [1.29, 1.82) is 0 Å². The number of hydrogen-bond acceptors (Lipinski definition) is 5. The van der Waals surface area contributed by atoms with E-state index in [9.17, 15) is 4.79 Å². The topological polar surface area (TPSA) is 49.3 Å². The van der Waals surface area contributed by atoms with E-state index in [1.807, 2.05) is 25.1 Å². The highest BCUT2D eigenvalue weighted by molar-refractivity contribution is 6.08. The number of carbonyl (C=O) groups excluding carboxylic acids is 1. The average molecular weight is 352 g/mol. The van der Waals surface area contributed by atoms with Crippen molar-refractivity contribution in [3.63, 3.8) is 0 Å². The Hall–Kier alpha value is -2.27. The summed E-state index contributed by atoms with van der Waals surface area (Å²) in [6.45, 7) is 7.33. The van der Waals surface area contributed by atoms with E-state index < -0.39 is 0 Å². The van der Waals surface area contributed by atoms with Crippen molar-refractivity contribution in [2.75, 3.05) is 37.6 Å². The van der Waals surface area contributed by atoms with Crippen molar-refractivity contribution >= 4 is 11.6 Å². The molecular weight excluding hydrogens is 324 g/mol. The number of nitrogens with zero attached hydrogens (tertiary/aromatic N) is 4. The highest BCUT2D eigenvalue weighted by Crippen LogP contribution is 2.30. The van der Waals surface area contributed by atoms with Crippen LogP contribution in [0.1, 0.15) is 42.4 Å². The van der Waals surface area contributed by atoms with Gasteiger partial charge in [-0.1, -0.05) is 6.07 Å². The predicted octanol–water partition coefficient (Wildman–Crippen LogP) is 3.18. The largest absolute Gasteiger partial charge is 0.355 e. The van der Waals surface area contributed by atoms with Crippen LogP contribution in [0, 0.1) is 12.8 Å². The van der Waals surface area contributed by atoms with E-state index >= 15 is 0 Å². The van der Waals surface area contributed by atoms with E-state index in [1.54, 1.807) is 18.3 Å². The van der Waals surface area contributed by atoms with E-state index in [-0.39, 0.29) is 7.21 Å². The number of anilines is 1. The van der Waals surface area contributed by atoms with Crippen molar-refractivity contribution < 1.29 is 6.22 Å². The van der Waals surface area contributed by atoms with Gasteiger partial charge in [0.1, 0.15) is 11.5 Å². The molecule has 2 aliphatic rings. The van der Waals surface area contributed by atoms with Crippen LogP contribution in [-0.4, -0.2) is 53.4 Å². The fraction of sp³-hybridized carbons (Fsp3) is 0.476. The maximum absolute atomic E-state index is 12.8. The lowest BCUT2D eigenvalue weighted by Crippen LogP contribution is -2.32. The van der Waals surface area contributed by atoms with Gasteiger partial charge in [0.15, 0.2) is 0 Å². The van der Waals surface area contributed by atoms with Crippen LogP contribution in [0.3, 0.4) is 0 Å². The van der Waals surface area contributed by atoms with Gasteiger partial charge in [0.2, 0.25) is 5.78 Å². The Morgan fingerprint density at radius 1 is 1.15 bits per heavy atom. The first kappa shape index (κ1) is 17.2. The molecule has 0 N–H and O–H groups in total. The number of rotatable bonds is 5. The molecule has 5 heteroatoms. The summed E-state index contributed by atoms with van der Waals surface area (Å²) in [6, 6.07) is 9.38. The quantitative estimate of drug-likeness (QED) is 0.774. The van der Waals surface area contributed by atoms with E-state index in [1.165, 1.54) is 25.9 Å². The van der Waals surface area contributed by atoms with Crippen molar-refractivity contribution in [1.82, 2.24) is 14.9 Å². The number of ketones is 1. The third kappa shape index (κ3) is 3.93. The van der Waals surface area contributed by atoms with Crippen LogP contribution in [0.15, 0.2) is 36.5 Å². The van der Waals surface area contributed by atoms with E-state index in [4.69, 9.17) is 0 Å². The van der Waals surface area contributed by atoms with Gasteiger partial charge in [-0.05, 0) is 62.9 Å². The second-order valence-electron chi connectivity index (χ2n) is 7.43. The van der Waals surface area contributed by atoms with Gasteiger partial charge in [-0.15, -0.1) is 0 Å². The molecule has 1 aliphatic heterocycles. The Morgan fingerprint density at radius 2 is 2.04 bits per heavy atom. The van der Waals surface area contributed by atoms with Crippen LogP contribution in [0.4, 0.5) is 5.82 Å². The first-order chi connectivity index (χ1) is 12.7. The highest BCUT2D eigenvalue weighted by Gasteiger charge is 2.25. The minimum absolute atomic E-state index is 0. The molecule has 1 saturated heterocycles. The first-order valence-corrected chi connectivity index (χ1v) is 9.61. The molecule has 0 atom stereocenters. The summed E-state index contributed by atoms with van der Waals surface area (Å²) in [4.78, 5) is 26.6. The van der Waals surface area contributed by atoms with Crippen LogP contribution < -0.4 is 4.90 Å². The molecule has 2 aromatic rings. The Balaban J connectivity index is 0.00000210. The number of aryl methyl sites for hydroxylation is 1. The van der Waals surface area contributed by atoms with Gasteiger partial charge in [-0.3, -0.25) is 9.78 Å². The summed E-state index contributed by atoms with van der Waals surface area (Å²) in [5.41, 5.74) is 1.87. The Kier molecular flexibility index (Phi) is 4.98. The van der Waals surface area contributed by atoms with Gasteiger partial charge >= 0.3 is 0 Å². The Bertz CT molecular complexity index is 793. The smallest absolute Gasteiger partial charge is 0.213 e. The monoisotopic (exact) mass is 352 g/mol. The molecule has 1 saturated carbocycles. The highest BCUT2D eigenvalue weighted by atomic mass is 16.1. The molecule has 0 bridgehead atoms. The second kappa shape index (κ2) is 7.54. The van der Waals surface area contributed by atoms with Gasteiger partial charge in [0.05, 0.1) is 0 Å². The standard InChI is InChI=1S/C21H26N4O.H2/c1-16-18(5-3-10-22-16)21(26)19-6-2-7-20(23-19)25-12-4-11-24(13-14-25)15-17-8-9-17;/h2-3,5-7,10,17H,4,8-9,11-15H2,1H3;1H. The zero-order chi connectivity index (χ0) is 17.9. The number of aromatic nitrogens is 2. The van der Waals surface area contributed by atoms with Crippen LogP contribution in [0.5, 0.6) is 0 Å². The van der Waals surface area contributed by atoms with Gasteiger partial charge in [0.25, 0.3) is 0 Å². The molecule has 5 nitrogen and oxygen atoms in total. The maximum atomic E-state index is 12.8. The van der Waals surface area contributed by atoms with E-state index in [2.05, 4.69) is 19.8 Å². The Labute approximate surface area is 156 Å². The molecule has 0 spiro atoms. The minimum Gasteiger partial charge on any atom is -0.355 e. The molecule has 0 radical (unpaired) electrons. The van der Waals surface area contributed by atoms with Crippen molar-refractivity contribution in [3.05, 3.63) is 53.5 Å². The van der Waals surface area contributed by atoms with Crippen molar-refractivity contribution in [3.8, 4) is 0 Å². The molecule has 2 fully saturated rings. The summed E-state index contributed by atoms with van der Waals surface area (Å²) < 4.78 is 0. The third-order valence-electron chi connectivity index (χ3n) is 5.34. The normalized spacial score (nSPS) is 18.6. The van der Waals surface area contributed by atoms with Gasteiger partial charge in [0, 0.05) is 45.1 Å². The summed E-state index contributed by atoms with van der Waals surface area (Å²) in [7, 11) is 0. The fourth-order valence-electron chi connectivity index (χ4n) is 3.64. The molecule has 2 aromatic heterocycles. The SMILES string of the molecule is Cc1ncccc1C(=O)c1cccc(N2CCCN(CC3CC3)CC2)n1.[HH]. The fourth-order valence-corrected chi connectivity index (χ4v) is 3.64. The molecular formula is C21H28N4O. The second-order valence-corrected chi connectivity index (χ2v) is 7.43. The number of hydrogen-bond donors (Lipinski definition) is 0. The van der Waals surface area contributed by atoms with E-state index in [0.29, 0.717) is 11.3 Å². The molecule has 0 aromatic carbocycles. The minimum atomic E-state index is -0.0531. The van der Waals surface area contributed by atoms with Crippen molar-refractivity contribution in [2.45, 2.75) is 26.2 Å². The van der Waals surface area contributed by atoms with Gasteiger partial charge in [-0.2, -0.15) is 0 Å². The Morgan fingerprint density at radius 3 is 2.85 bits per heavy atom. The first-order valence-electron chi connectivity index (χ1n) is 9.61. The van der Waals surface area contributed by atoms with Crippen LogP contribution in [0.25, 0.3) is 0 Å². The van der Waals surface area contributed by atoms with Crippen LogP contribution >= 0.6 is 0 Å².